The molecule has 0 spiro atoms. The zero-order chi connectivity index (χ0) is 37.0. The highest BCUT2D eigenvalue weighted by atomic mass is 16.2. The van der Waals surface area contributed by atoms with Crippen molar-refractivity contribution in [1.29, 1.82) is 0 Å². The molecule has 5 fully saturated rings. The summed E-state index contributed by atoms with van der Waals surface area (Å²) in [5.41, 5.74) is 5.64. The van der Waals surface area contributed by atoms with E-state index in [4.69, 9.17) is 4.98 Å². The van der Waals surface area contributed by atoms with Crippen LogP contribution in [0.3, 0.4) is 0 Å². The van der Waals surface area contributed by atoms with Crippen LogP contribution >= 0.6 is 0 Å². The van der Waals surface area contributed by atoms with E-state index >= 15 is 0 Å². The number of aromatic nitrogens is 4. The number of hydrogen-bond donors (Lipinski definition) is 2. The molecule has 4 bridgehead atoms. The van der Waals surface area contributed by atoms with Gasteiger partial charge in [-0.3, -0.25) is 19.1 Å². The summed E-state index contributed by atoms with van der Waals surface area (Å²) in [6.45, 7) is 13.1. The summed E-state index contributed by atoms with van der Waals surface area (Å²) in [4.78, 5) is 51.9. The number of hydrogen-bond acceptors (Lipinski definition) is 6. The second kappa shape index (κ2) is 14.1. The van der Waals surface area contributed by atoms with E-state index in [9.17, 15) is 14.4 Å². The number of H-pyrrole nitrogens is 1. The van der Waals surface area contributed by atoms with Crippen LogP contribution in [0.1, 0.15) is 105 Å². The van der Waals surface area contributed by atoms with Gasteiger partial charge in [0.1, 0.15) is 5.82 Å². The molecule has 3 aromatic heterocycles. The van der Waals surface area contributed by atoms with Gasteiger partial charge in [-0.15, -0.1) is 0 Å². The molecule has 4 heterocycles. The van der Waals surface area contributed by atoms with Crippen LogP contribution in [-0.4, -0.2) is 62.6 Å². The van der Waals surface area contributed by atoms with Gasteiger partial charge in [0.2, 0.25) is 5.91 Å². The molecule has 1 saturated heterocycles. The Hall–Kier alpha value is -4.47. The second-order valence-corrected chi connectivity index (χ2v) is 17.3. The molecule has 0 unspecified atom stereocenters. The molecule has 4 aliphatic carbocycles. The van der Waals surface area contributed by atoms with E-state index in [1.165, 1.54) is 44.9 Å². The standard InChI is InChI=1S/C43H55N7O3/c1-26(2)50-38-19-34(18-35(37(38)25-46-50)40(51)45-24-36-28(4)14-29(5)47-41(36)52)33-6-7-39(44-23-33)48-10-12-49(13-11-48)42(53)27(3)8-9-43-20-30-15-31(21-43)17-32(16-30)22-43/h6-7,14,18-19,23,25-27,30-32H,8-13,15-17,20-22,24H2,1-5H3,(H,45,51)(H,47,52)/t27-,30?,31?,32?,43?/m1/s1. The zero-order valence-corrected chi connectivity index (χ0v) is 32.1. The Morgan fingerprint density at radius 1 is 0.925 bits per heavy atom. The Morgan fingerprint density at radius 2 is 1.62 bits per heavy atom. The minimum absolute atomic E-state index is 0.0812. The largest absolute Gasteiger partial charge is 0.353 e. The smallest absolute Gasteiger partial charge is 0.253 e. The number of aryl methyl sites for hydroxylation is 2. The number of pyridine rings is 2. The zero-order valence-electron chi connectivity index (χ0n) is 32.1. The fourth-order valence-electron chi connectivity index (χ4n) is 10.7. The van der Waals surface area contributed by atoms with Gasteiger partial charge in [0.25, 0.3) is 11.5 Å². The molecule has 1 atom stereocenters. The van der Waals surface area contributed by atoms with Crippen molar-refractivity contribution in [2.45, 2.75) is 98.6 Å². The molecule has 4 aromatic rings. The van der Waals surface area contributed by atoms with Crippen LogP contribution in [0.4, 0.5) is 5.82 Å². The summed E-state index contributed by atoms with van der Waals surface area (Å²) in [5.74, 6) is 3.89. The molecule has 1 aromatic carbocycles. The average molecular weight is 718 g/mol. The third-order valence-electron chi connectivity index (χ3n) is 13.1. The predicted molar refractivity (Wildman–Crippen MR) is 209 cm³/mol. The highest BCUT2D eigenvalue weighted by Crippen LogP contribution is 2.61. The normalized spacial score (nSPS) is 24.3. The van der Waals surface area contributed by atoms with Crippen molar-refractivity contribution >= 4 is 28.5 Å². The minimum atomic E-state index is -0.265. The lowest BCUT2D eigenvalue weighted by Gasteiger charge is -2.57. The number of amides is 2. The van der Waals surface area contributed by atoms with Crippen LogP contribution in [-0.2, 0) is 11.3 Å². The average Bonchev–Trinajstić information content (AvgIpc) is 3.57. The fourth-order valence-corrected chi connectivity index (χ4v) is 10.7. The molecule has 53 heavy (non-hydrogen) atoms. The monoisotopic (exact) mass is 717 g/mol. The molecule has 280 valence electrons. The van der Waals surface area contributed by atoms with Gasteiger partial charge < -0.3 is 20.1 Å². The number of fused-ring (bicyclic) bond motifs is 1. The Morgan fingerprint density at radius 3 is 2.25 bits per heavy atom. The Bertz CT molecular complexity index is 2040. The first-order valence-electron chi connectivity index (χ1n) is 19.9. The van der Waals surface area contributed by atoms with E-state index < -0.39 is 0 Å². The van der Waals surface area contributed by atoms with Crippen LogP contribution in [0.15, 0.2) is 47.5 Å². The summed E-state index contributed by atoms with van der Waals surface area (Å²) >= 11 is 0. The van der Waals surface area contributed by atoms with Gasteiger partial charge in [0.15, 0.2) is 0 Å². The number of aromatic amines is 1. The lowest BCUT2D eigenvalue weighted by Crippen LogP contribution is -2.50. The van der Waals surface area contributed by atoms with E-state index in [1.54, 1.807) is 6.20 Å². The molecule has 5 aliphatic rings. The van der Waals surface area contributed by atoms with Crippen LogP contribution in [0, 0.1) is 42.9 Å². The van der Waals surface area contributed by atoms with E-state index in [-0.39, 0.29) is 30.0 Å². The fraction of sp³-hybridized carbons (Fsp3) is 0.558. The third-order valence-corrected chi connectivity index (χ3v) is 13.1. The Labute approximate surface area is 312 Å². The van der Waals surface area contributed by atoms with Gasteiger partial charge in [0.05, 0.1) is 17.3 Å². The summed E-state index contributed by atoms with van der Waals surface area (Å²) in [6.07, 6.45) is 14.5. The van der Waals surface area contributed by atoms with E-state index in [0.717, 1.165) is 76.4 Å². The first-order chi connectivity index (χ1) is 25.4. The highest BCUT2D eigenvalue weighted by molar-refractivity contribution is 6.08. The summed E-state index contributed by atoms with van der Waals surface area (Å²) in [7, 11) is 0. The lowest BCUT2D eigenvalue weighted by molar-refractivity contribution is -0.136. The number of benzene rings is 1. The van der Waals surface area contributed by atoms with Crippen molar-refractivity contribution in [3.05, 3.63) is 75.5 Å². The Balaban J connectivity index is 0.920. The van der Waals surface area contributed by atoms with Crippen LogP contribution in [0.5, 0.6) is 0 Å². The van der Waals surface area contributed by atoms with Crippen molar-refractivity contribution < 1.29 is 9.59 Å². The van der Waals surface area contributed by atoms with Gasteiger partial charge in [-0.2, -0.15) is 5.10 Å². The maximum absolute atomic E-state index is 13.7. The molecule has 2 amide bonds. The highest BCUT2D eigenvalue weighted by Gasteiger charge is 2.50. The molecular formula is C43H55N7O3. The van der Waals surface area contributed by atoms with Gasteiger partial charge >= 0.3 is 0 Å². The number of anilines is 1. The van der Waals surface area contributed by atoms with Gasteiger partial charge in [0, 0.05) is 73.1 Å². The van der Waals surface area contributed by atoms with Crippen molar-refractivity contribution in [3.8, 4) is 11.1 Å². The van der Waals surface area contributed by atoms with Crippen molar-refractivity contribution in [2.75, 3.05) is 31.1 Å². The van der Waals surface area contributed by atoms with Gasteiger partial charge in [-0.05, 0) is 144 Å². The van der Waals surface area contributed by atoms with Crippen molar-refractivity contribution in [1.82, 2.24) is 30.0 Å². The van der Waals surface area contributed by atoms with Crippen LogP contribution in [0.2, 0.25) is 0 Å². The van der Waals surface area contributed by atoms with E-state index in [1.807, 2.05) is 42.9 Å². The predicted octanol–water partition coefficient (Wildman–Crippen LogP) is 7.20. The summed E-state index contributed by atoms with van der Waals surface area (Å²) < 4.78 is 1.93. The van der Waals surface area contributed by atoms with E-state index in [2.05, 4.69) is 58.1 Å². The summed E-state index contributed by atoms with van der Waals surface area (Å²) in [5, 5.41) is 8.35. The molecular weight excluding hydrogens is 663 g/mol. The number of carbonyl (C=O) groups is 2. The minimum Gasteiger partial charge on any atom is -0.353 e. The van der Waals surface area contributed by atoms with E-state index in [0.29, 0.717) is 35.5 Å². The van der Waals surface area contributed by atoms with Crippen molar-refractivity contribution in [2.24, 2.45) is 29.1 Å². The number of rotatable bonds is 10. The molecule has 0 radical (unpaired) electrons. The molecule has 2 N–H and O–H groups in total. The first kappa shape index (κ1) is 35.6. The first-order valence-corrected chi connectivity index (χ1v) is 19.9. The molecule has 9 rings (SSSR count). The Kier molecular flexibility index (Phi) is 9.44. The molecule has 10 nitrogen and oxygen atoms in total. The molecule has 1 aliphatic heterocycles. The SMILES string of the molecule is Cc1cc(C)c(CNC(=O)c2cc(-c3ccc(N4CCN(C(=O)[C@H](C)CCC56CC7CC(CC(C7)C5)C6)CC4)nc3)cc3c2cnn3C(C)C)c(=O)[nH]1. The van der Waals surface area contributed by atoms with Crippen LogP contribution in [0.25, 0.3) is 22.0 Å². The molecule has 10 heteroatoms. The van der Waals surface area contributed by atoms with Gasteiger partial charge in [-0.25, -0.2) is 4.98 Å². The topological polar surface area (TPSA) is 116 Å². The number of nitrogens with one attached hydrogen (secondary N) is 2. The maximum Gasteiger partial charge on any atom is 0.253 e. The number of carbonyl (C=O) groups excluding carboxylic acids is 2. The van der Waals surface area contributed by atoms with Crippen LogP contribution < -0.4 is 15.8 Å². The quantitative estimate of drug-likeness (QED) is 0.179. The maximum atomic E-state index is 13.7. The second-order valence-electron chi connectivity index (χ2n) is 17.3. The third kappa shape index (κ3) is 7.01. The number of nitrogens with zero attached hydrogens (tertiary/aromatic N) is 5. The number of piperazine rings is 1. The lowest BCUT2D eigenvalue weighted by atomic mass is 9.48. The molecule has 4 saturated carbocycles. The van der Waals surface area contributed by atoms with Gasteiger partial charge in [-0.1, -0.05) is 6.92 Å². The summed E-state index contributed by atoms with van der Waals surface area (Å²) in [6, 6.07) is 10.1. The van der Waals surface area contributed by atoms with Crippen molar-refractivity contribution in [3.63, 3.8) is 0 Å².